The first-order valence-corrected chi connectivity index (χ1v) is 6.28. The number of hydrogen-bond acceptors (Lipinski definition) is 4. The molecule has 0 radical (unpaired) electrons. The highest BCUT2D eigenvalue weighted by Gasteiger charge is 2.23. The van der Waals surface area contributed by atoms with Crippen LogP contribution in [0.4, 0.5) is 0 Å². The van der Waals surface area contributed by atoms with Crippen LogP contribution in [0.1, 0.15) is 6.42 Å². The lowest BCUT2D eigenvalue weighted by molar-refractivity contribution is -0.136. The Labute approximate surface area is 103 Å². The van der Waals surface area contributed by atoms with Crippen LogP contribution in [0.2, 0.25) is 0 Å². The van der Waals surface area contributed by atoms with Gasteiger partial charge in [-0.1, -0.05) is 18.2 Å². The maximum atomic E-state index is 12.0. The summed E-state index contributed by atoms with van der Waals surface area (Å²) in [6, 6.07) is 7.06. The van der Waals surface area contributed by atoms with Crippen molar-refractivity contribution in [2.24, 2.45) is 0 Å². The van der Waals surface area contributed by atoms with Crippen molar-refractivity contribution in [3.05, 3.63) is 41.3 Å². The van der Waals surface area contributed by atoms with Gasteiger partial charge in [-0.05, 0) is 12.1 Å². The molecule has 0 aliphatic rings. The van der Waals surface area contributed by atoms with Crippen molar-refractivity contribution in [1.29, 1.82) is 0 Å². The van der Waals surface area contributed by atoms with E-state index < -0.39 is 33.1 Å². The van der Waals surface area contributed by atoms with E-state index in [-0.39, 0.29) is 4.90 Å². The zero-order chi connectivity index (χ0) is 13.8. The third-order valence-electron chi connectivity index (χ3n) is 2.01. The number of sulfone groups is 1. The second-order valence-corrected chi connectivity index (χ2v) is 5.34. The fourth-order valence-electron chi connectivity index (χ4n) is 1.26. The monoisotopic (exact) mass is 270 g/mol. The number of aliphatic carboxylic acids is 2. The van der Waals surface area contributed by atoms with E-state index in [0.29, 0.717) is 6.08 Å². The van der Waals surface area contributed by atoms with Crippen LogP contribution in [0.3, 0.4) is 0 Å². The quantitative estimate of drug-likeness (QED) is 0.769. The Bertz CT molecular complexity index is 585. The minimum atomic E-state index is -4.09. The molecule has 0 aliphatic carbocycles. The molecule has 0 fully saturated rings. The summed E-state index contributed by atoms with van der Waals surface area (Å²) in [5.41, 5.74) is 0. The zero-order valence-electron chi connectivity index (χ0n) is 9.11. The Kier molecular flexibility index (Phi) is 4.22. The van der Waals surface area contributed by atoms with Gasteiger partial charge in [-0.15, -0.1) is 0 Å². The molecule has 0 aliphatic heterocycles. The Balaban J connectivity index is 3.29. The molecule has 0 amide bonds. The minimum absolute atomic E-state index is 0.140. The lowest BCUT2D eigenvalue weighted by Crippen LogP contribution is -2.11. The Morgan fingerprint density at radius 1 is 1.11 bits per heavy atom. The van der Waals surface area contributed by atoms with Crippen LogP contribution in [-0.4, -0.2) is 30.6 Å². The summed E-state index contributed by atoms with van der Waals surface area (Å²) < 4.78 is 24.0. The van der Waals surface area contributed by atoms with Gasteiger partial charge < -0.3 is 10.2 Å². The standard InChI is InChI=1S/C11H10O6S/c12-10(13)6-9(7-11(14)15)18(16,17)8-4-2-1-3-5-8/h1-6H,7H2,(H,12,13)(H,14,15)/b9-6+. The molecule has 0 heterocycles. The molecule has 7 heteroatoms. The summed E-state index contributed by atoms with van der Waals surface area (Å²) in [6.07, 6.45) is -0.472. The van der Waals surface area contributed by atoms with Gasteiger partial charge in [0.2, 0.25) is 9.84 Å². The molecular formula is C11H10O6S. The second kappa shape index (κ2) is 5.46. The first kappa shape index (κ1) is 13.9. The third-order valence-corrected chi connectivity index (χ3v) is 3.85. The maximum absolute atomic E-state index is 12.0. The lowest BCUT2D eigenvalue weighted by atomic mass is 10.4. The van der Waals surface area contributed by atoms with Gasteiger partial charge in [0.15, 0.2) is 0 Å². The van der Waals surface area contributed by atoms with Gasteiger partial charge in [0, 0.05) is 6.08 Å². The van der Waals surface area contributed by atoms with Gasteiger partial charge in [0.05, 0.1) is 16.2 Å². The molecule has 0 spiro atoms. The molecule has 1 aromatic rings. The van der Waals surface area contributed by atoms with Crippen LogP contribution in [0.25, 0.3) is 0 Å². The molecular weight excluding hydrogens is 260 g/mol. The molecule has 1 aromatic carbocycles. The van der Waals surface area contributed by atoms with Crippen molar-refractivity contribution in [3.8, 4) is 0 Å². The van der Waals surface area contributed by atoms with E-state index in [2.05, 4.69) is 0 Å². The fraction of sp³-hybridized carbons (Fsp3) is 0.0909. The molecule has 0 bridgehead atoms. The number of benzene rings is 1. The number of hydrogen-bond donors (Lipinski definition) is 2. The summed E-state index contributed by atoms with van der Waals surface area (Å²) >= 11 is 0. The molecule has 0 unspecified atom stereocenters. The van der Waals surface area contributed by atoms with Gasteiger partial charge in [0.25, 0.3) is 0 Å². The second-order valence-electron chi connectivity index (χ2n) is 3.34. The van der Waals surface area contributed by atoms with Crippen LogP contribution in [0.5, 0.6) is 0 Å². The van der Waals surface area contributed by atoms with Gasteiger partial charge in [-0.25, -0.2) is 13.2 Å². The Morgan fingerprint density at radius 2 is 1.67 bits per heavy atom. The SMILES string of the molecule is O=C(O)/C=C(\CC(=O)O)S(=O)(=O)c1ccccc1. The zero-order valence-corrected chi connectivity index (χ0v) is 9.92. The maximum Gasteiger partial charge on any atom is 0.329 e. The highest BCUT2D eigenvalue weighted by molar-refractivity contribution is 7.95. The van der Waals surface area contributed by atoms with E-state index in [1.807, 2.05) is 0 Å². The van der Waals surface area contributed by atoms with Gasteiger partial charge >= 0.3 is 11.9 Å². The van der Waals surface area contributed by atoms with E-state index in [1.165, 1.54) is 24.3 Å². The van der Waals surface area contributed by atoms with Crippen molar-refractivity contribution in [1.82, 2.24) is 0 Å². The highest BCUT2D eigenvalue weighted by Crippen LogP contribution is 2.21. The molecule has 0 atom stereocenters. The van der Waals surface area contributed by atoms with Gasteiger partial charge in [0.1, 0.15) is 0 Å². The van der Waals surface area contributed by atoms with Crippen LogP contribution in [0, 0.1) is 0 Å². The number of carboxylic acids is 2. The summed E-state index contributed by atoms with van der Waals surface area (Å²) in [7, 11) is -4.09. The van der Waals surface area contributed by atoms with Gasteiger partial charge in [-0.3, -0.25) is 4.79 Å². The molecule has 18 heavy (non-hydrogen) atoms. The van der Waals surface area contributed by atoms with Crippen LogP contribution in [0.15, 0.2) is 46.2 Å². The summed E-state index contributed by atoms with van der Waals surface area (Å²) in [4.78, 5) is 20.3. The van der Waals surface area contributed by atoms with Crippen molar-refractivity contribution >= 4 is 21.8 Å². The van der Waals surface area contributed by atoms with Crippen molar-refractivity contribution in [2.75, 3.05) is 0 Å². The van der Waals surface area contributed by atoms with Crippen molar-refractivity contribution < 1.29 is 28.2 Å². The first-order valence-electron chi connectivity index (χ1n) is 4.79. The molecule has 2 N–H and O–H groups in total. The average Bonchev–Trinajstić information content (AvgIpc) is 2.28. The minimum Gasteiger partial charge on any atom is -0.481 e. The Morgan fingerprint density at radius 3 is 2.11 bits per heavy atom. The Hall–Kier alpha value is -2.15. The predicted molar refractivity (Wildman–Crippen MR) is 61.6 cm³/mol. The molecule has 6 nitrogen and oxygen atoms in total. The molecule has 1 rings (SSSR count). The molecule has 0 saturated carbocycles. The summed E-state index contributed by atoms with van der Waals surface area (Å²) in [5.74, 6) is -2.92. The largest absolute Gasteiger partial charge is 0.481 e. The van der Waals surface area contributed by atoms with Gasteiger partial charge in [-0.2, -0.15) is 0 Å². The van der Waals surface area contributed by atoms with Crippen molar-refractivity contribution in [2.45, 2.75) is 11.3 Å². The first-order chi connectivity index (χ1) is 8.34. The van der Waals surface area contributed by atoms with Crippen LogP contribution < -0.4 is 0 Å². The lowest BCUT2D eigenvalue weighted by Gasteiger charge is -2.06. The third kappa shape index (κ3) is 3.42. The van der Waals surface area contributed by atoms with Crippen LogP contribution in [-0.2, 0) is 19.4 Å². The summed E-state index contributed by atoms with van der Waals surface area (Å²) in [6.45, 7) is 0. The number of carboxylic acid groups (broad SMARTS) is 2. The number of rotatable bonds is 5. The number of carbonyl (C=O) groups is 2. The van der Waals surface area contributed by atoms with E-state index >= 15 is 0 Å². The molecule has 0 saturated heterocycles. The van der Waals surface area contributed by atoms with Crippen molar-refractivity contribution in [3.63, 3.8) is 0 Å². The van der Waals surface area contributed by atoms with Crippen LogP contribution >= 0.6 is 0 Å². The van der Waals surface area contributed by atoms with E-state index in [9.17, 15) is 18.0 Å². The normalized spacial score (nSPS) is 12.1. The molecule has 96 valence electrons. The fourth-order valence-corrected chi connectivity index (χ4v) is 2.65. The summed E-state index contributed by atoms with van der Waals surface area (Å²) in [5, 5.41) is 17.2. The average molecular weight is 270 g/mol. The smallest absolute Gasteiger partial charge is 0.329 e. The molecule has 0 aromatic heterocycles. The predicted octanol–water partition coefficient (Wildman–Crippen LogP) is 0.903. The van der Waals surface area contributed by atoms with E-state index in [0.717, 1.165) is 0 Å². The van der Waals surface area contributed by atoms with E-state index in [1.54, 1.807) is 6.07 Å². The topological polar surface area (TPSA) is 109 Å². The van der Waals surface area contributed by atoms with E-state index in [4.69, 9.17) is 10.2 Å². The highest BCUT2D eigenvalue weighted by atomic mass is 32.2.